The lowest BCUT2D eigenvalue weighted by Gasteiger charge is -2.16. The van der Waals surface area contributed by atoms with E-state index in [4.69, 9.17) is 23.2 Å². The highest BCUT2D eigenvalue weighted by Gasteiger charge is 2.15. The molecule has 0 spiro atoms. The van der Waals surface area contributed by atoms with E-state index in [1.165, 1.54) is 11.3 Å². The Morgan fingerprint density at radius 1 is 1.13 bits per heavy atom. The molecule has 2 aromatic carbocycles. The van der Waals surface area contributed by atoms with E-state index >= 15 is 0 Å². The number of nitrogens with zero attached hydrogens (tertiary/aromatic N) is 2. The number of benzene rings is 2. The first kappa shape index (κ1) is 21.5. The van der Waals surface area contributed by atoms with Gasteiger partial charge in [0.05, 0.1) is 34.2 Å². The zero-order chi connectivity index (χ0) is 22.0. The van der Waals surface area contributed by atoms with E-state index in [1.54, 1.807) is 30.1 Å². The van der Waals surface area contributed by atoms with Crippen LogP contribution in [-0.4, -0.2) is 34.4 Å². The summed E-state index contributed by atoms with van der Waals surface area (Å²) in [5, 5.41) is 5.98. The predicted octanol–water partition coefficient (Wildman–Crippen LogP) is 5.03. The Bertz CT molecular complexity index is 1280. The molecule has 2 N–H and O–H groups in total. The number of rotatable bonds is 6. The molecule has 31 heavy (non-hydrogen) atoms. The third-order valence-electron chi connectivity index (χ3n) is 4.64. The summed E-state index contributed by atoms with van der Waals surface area (Å²) in [6.45, 7) is 0.371. The molecule has 2 aromatic heterocycles. The van der Waals surface area contributed by atoms with E-state index in [9.17, 15) is 9.59 Å². The Kier molecular flexibility index (Phi) is 6.38. The van der Waals surface area contributed by atoms with E-state index in [1.807, 2.05) is 35.7 Å². The van der Waals surface area contributed by atoms with Gasteiger partial charge in [0, 0.05) is 10.9 Å². The lowest BCUT2D eigenvalue weighted by atomic mass is 10.1. The van der Waals surface area contributed by atoms with Gasteiger partial charge in [0.15, 0.2) is 0 Å². The van der Waals surface area contributed by atoms with Gasteiger partial charge < -0.3 is 10.3 Å². The van der Waals surface area contributed by atoms with Crippen LogP contribution in [-0.2, 0) is 11.3 Å². The van der Waals surface area contributed by atoms with Crippen molar-refractivity contribution in [2.24, 2.45) is 0 Å². The molecule has 0 unspecified atom stereocenters. The van der Waals surface area contributed by atoms with Gasteiger partial charge in [-0.25, -0.2) is 4.98 Å². The maximum Gasteiger partial charge on any atom is 0.260 e. The summed E-state index contributed by atoms with van der Waals surface area (Å²) in [6, 6.07) is 14.7. The number of likely N-dealkylation sites (N-methyl/N-ethyl adjacent to an activating group) is 1. The number of amides is 1. The highest BCUT2D eigenvalue weighted by atomic mass is 35.5. The Hall–Kier alpha value is -2.71. The monoisotopic (exact) mass is 472 g/mol. The van der Waals surface area contributed by atoms with Gasteiger partial charge in [0.2, 0.25) is 5.91 Å². The molecule has 4 aromatic rings. The molecule has 4 rings (SSSR count). The van der Waals surface area contributed by atoms with Crippen LogP contribution in [0.1, 0.15) is 5.82 Å². The largest absolute Gasteiger partial charge is 0.322 e. The molecule has 158 valence electrons. The number of fused-ring (bicyclic) bond motifs is 1. The maximum atomic E-state index is 12.8. The van der Waals surface area contributed by atoms with Crippen LogP contribution in [0.2, 0.25) is 10.0 Å². The van der Waals surface area contributed by atoms with Gasteiger partial charge in [-0.2, -0.15) is 0 Å². The van der Waals surface area contributed by atoms with E-state index in [2.05, 4.69) is 15.3 Å². The number of aromatic nitrogens is 2. The number of aromatic amines is 1. The number of H-pyrrole nitrogens is 1. The van der Waals surface area contributed by atoms with Crippen LogP contribution in [0.4, 0.5) is 5.69 Å². The van der Waals surface area contributed by atoms with Crippen LogP contribution in [0.5, 0.6) is 0 Å². The van der Waals surface area contributed by atoms with Gasteiger partial charge in [-0.3, -0.25) is 14.5 Å². The Labute approximate surface area is 192 Å². The van der Waals surface area contributed by atoms with Crippen molar-refractivity contribution >= 4 is 56.3 Å². The second-order valence-corrected chi connectivity index (χ2v) is 8.70. The first-order valence-corrected chi connectivity index (χ1v) is 11.0. The van der Waals surface area contributed by atoms with Crippen LogP contribution in [0.3, 0.4) is 0 Å². The summed E-state index contributed by atoms with van der Waals surface area (Å²) in [6.07, 6.45) is 0. The molecule has 0 saturated heterocycles. The van der Waals surface area contributed by atoms with Crippen molar-refractivity contribution in [1.29, 1.82) is 0 Å². The number of carbonyl (C=O) groups excluding carboxylic acids is 1. The quantitative estimate of drug-likeness (QED) is 0.412. The summed E-state index contributed by atoms with van der Waals surface area (Å²) in [5.41, 5.74) is 2.02. The average Bonchev–Trinajstić information content (AvgIpc) is 3.16. The second-order valence-electron chi connectivity index (χ2n) is 7.03. The van der Waals surface area contributed by atoms with E-state index in [0.717, 1.165) is 11.1 Å². The maximum absolute atomic E-state index is 12.8. The minimum absolute atomic E-state index is 0.0724. The van der Waals surface area contributed by atoms with Crippen molar-refractivity contribution in [1.82, 2.24) is 14.9 Å². The first-order chi connectivity index (χ1) is 14.9. The fourth-order valence-corrected chi connectivity index (χ4v) is 4.71. The van der Waals surface area contributed by atoms with Crippen LogP contribution >= 0.6 is 34.5 Å². The molecule has 1 amide bonds. The second kappa shape index (κ2) is 9.20. The van der Waals surface area contributed by atoms with Gasteiger partial charge in [0.1, 0.15) is 10.7 Å². The SMILES string of the molecule is CN(CC(=O)Nc1c(Cl)cccc1Cl)Cc1nc2scc(-c3ccccc3)c2c(=O)[nH]1. The fraction of sp³-hybridized carbons (Fsp3) is 0.136. The predicted molar refractivity (Wildman–Crippen MR) is 127 cm³/mol. The molecule has 2 heterocycles. The summed E-state index contributed by atoms with van der Waals surface area (Å²) in [4.78, 5) is 35.0. The third-order valence-corrected chi connectivity index (χ3v) is 6.14. The van der Waals surface area contributed by atoms with Crippen LogP contribution in [0, 0.1) is 0 Å². The number of hydrogen-bond donors (Lipinski definition) is 2. The summed E-state index contributed by atoms with van der Waals surface area (Å²) in [5.74, 6) is 0.216. The van der Waals surface area contributed by atoms with E-state index in [-0.39, 0.29) is 18.0 Å². The zero-order valence-corrected chi connectivity index (χ0v) is 18.8. The molecular weight excluding hydrogens is 455 g/mol. The smallest absolute Gasteiger partial charge is 0.260 e. The molecular formula is C22H18Cl2N4O2S. The van der Waals surface area contributed by atoms with Crippen LogP contribution in [0.15, 0.2) is 58.7 Å². The fourth-order valence-electron chi connectivity index (χ4n) is 3.25. The van der Waals surface area contributed by atoms with Crippen LogP contribution < -0.4 is 10.9 Å². The van der Waals surface area contributed by atoms with Gasteiger partial charge in [-0.15, -0.1) is 11.3 Å². The standard InChI is InChI=1S/C22H18Cl2N4O2S/c1-28(11-18(29)27-20-15(23)8-5-9-16(20)24)10-17-25-21(30)19-14(12-31-22(19)26-17)13-6-3-2-4-7-13/h2-9,12H,10-11H2,1H3,(H,27,29)(H,25,26,30). The van der Waals surface area contributed by atoms with Gasteiger partial charge in [-0.1, -0.05) is 59.6 Å². The molecule has 0 aliphatic heterocycles. The highest BCUT2D eigenvalue weighted by molar-refractivity contribution is 7.17. The Balaban J connectivity index is 1.48. The number of thiophene rings is 1. The first-order valence-electron chi connectivity index (χ1n) is 9.40. The van der Waals surface area contributed by atoms with Crippen molar-refractivity contribution in [3.05, 3.63) is 80.1 Å². The summed E-state index contributed by atoms with van der Waals surface area (Å²) < 4.78 is 0. The summed E-state index contributed by atoms with van der Waals surface area (Å²) >= 11 is 13.6. The molecule has 0 aliphatic rings. The molecule has 0 saturated carbocycles. The highest BCUT2D eigenvalue weighted by Crippen LogP contribution is 2.31. The molecule has 9 heteroatoms. The molecule has 0 aliphatic carbocycles. The zero-order valence-electron chi connectivity index (χ0n) is 16.5. The minimum atomic E-state index is -0.275. The molecule has 6 nitrogen and oxygen atoms in total. The number of carbonyl (C=O) groups is 1. The van der Waals surface area contributed by atoms with Gasteiger partial charge in [-0.05, 0) is 24.7 Å². The van der Waals surface area contributed by atoms with Crippen molar-refractivity contribution in [3.63, 3.8) is 0 Å². The van der Waals surface area contributed by atoms with Crippen molar-refractivity contribution in [2.75, 3.05) is 18.9 Å². The van der Waals surface area contributed by atoms with Crippen molar-refractivity contribution in [3.8, 4) is 11.1 Å². The number of para-hydroxylation sites is 1. The number of anilines is 1. The molecule has 0 fully saturated rings. The minimum Gasteiger partial charge on any atom is -0.322 e. The van der Waals surface area contributed by atoms with E-state index < -0.39 is 0 Å². The lowest BCUT2D eigenvalue weighted by Crippen LogP contribution is -2.31. The Morgan fingerprint density at radius 2 is 1.84 bits per heavy atom. The lowest BCUT2D eigenvalue weighted by molar-refractivity contribution is -0.117. The van der Waals surface area contributed by atoms with Gasteiger partial charge >= 0.3 is 0 Å². The van der Waals surface area contributed by atoms with Crippen molar-refractivity contribution < 1.29 is 4.79 Å². The molecule has 0 atom stereocenters. The molecule has 0 radical (unpaired) electrons. The third kappa shape index (κ3) is 4.80. The number of halogens is 2. The normalized spacial score (nSPS) is 11.2. The number of hydrogen-bond acceptors (Lipinski definition) is 5. The van der Waals surface area contributed by atoms with E-state index in [0.29, 0.717) is 38.3 Å². The van der Waals surface area contributed by atoms with Crippen molar-refractivity contribution in [2.45, 2.75) is 6.54 Å². The molecule has 0 bridgehead atoms. The topological polar surface area (TPSA) is 78.1 Å². The number of nitrogens with one attached hydrogen (secondary N) is 2. The average molecular weight is 473 g/mol. The van der Waals surface area contributed by atoms with Crippen LogP contribution in [0.25, 0.3) is 21.3 Å². The summed E-state index contributed by atoms with van der Waals surface area (Å²) in [7, 11) is 1.77. The Morgan fingerprint density at radius 3 is 2.55 bits per heavy atom. The van der Waals surface area contributed by atoms with Gasteiger partial charge in [0.25, 0.3) is 5.56 Å².